The minimum absolute atomic E-state index is 0.328. The van der Waals surface area contributed by atoms with Crippen LogP contribution in [0.2, 0.25) is 0 Å². The van der Waals surface area contributed by atoms with Crippen LogP contribution in [0.15, 0.2) is 48.5 Å². The van der Waals surface area contributed by atoms with Gasteiger partial charge < -0.3 is 14.4 Å². The first-order valence-electron chi connectivity index (χ1n) is 9.09. The van der Waals surface area contributed by atoms with E-state index in [0.717, 1.165) is 46.5 Å². The van der Waals surface area contributed by atoms with Gasteiger partial charge in [-0.2, -0.15) is 0 Å². The average molecular weight is 362 g/mol. The SMILES string of the molecule is COC(=O)c1ccc(-c2nc3ccccc3cc2C)cc1N1CCOCC1. The van der Waals surface area contributed by atoms with E-state index in [1.165, 1.54) is 7.11 Å². The summed E-state index contributed by atoms with van der Waals surface area (Å²) in [5, 5.41) is 1.12. The smallest absolute Gasteiger partial charge is 0.339 e. The molecule has 4 rings (SSSR count). The molecule has 138 valence electrons. The van der Waals surface area contributed by atoms with Crippen molar-refractivity contribution in [3.05, 3.63) is 59.7 Å². The second-order valence-electron chi connectivity index (χ2n) is 6.67. The van der Waals surface area contributed by atoms with Gasteiger partial charge in [-0.05, 0) is 36.8 Å². The fraction of sp³-hybridized carbons (Fsp3) is 0.273. The molecule has 1 fully saturated rings. The third kappa shape index (κ3) is 3.38. The lowest BCUT2D eigenvalue weighted by Gasteiger charge is -2.30. The lowest BCUT2D eigenvalue weighted by molar-refractivity contribution is 0.0600. The fourth-order valence-electron chi connectivity index (χ4n) is 3.54. The number of hydrogen-bond donors (Lipinski definition) is 0. The van der Waals surface area contributed by atoms with Crippen molar-refractivity contribution in [1.82, 2.24) is 4.98 Å². The van der Waals surface area contributed by atoms with E-state index < -0.39 is 0 Å². The van der Waals surface area contributed by atoms with Crippen molar-refractivity contribution in [2.24, 2.45) is 0 Å². The third-order valence-corrected chi connectivity index (χ3v) is 4.94. The van der Waals surface area contributed by atoms with Crippen molar-refractivity contribution in [2.45, 2.75) is 6.92 Å². The van der Waals surface area contributed by atoms with Gasteiger partial charge in [-0.1, -0.05) is 24.3 Å². The summed E-state index contributed by atoms with van der Waals surface area (Å²) in [5.41, 5.74) is 5.43. The molecule has 27 heavy (non-hydrogen) atoms. The number of carbonyl (C=O) groups is 1. The molecular formula is C22H22N2O3. The molecule has 0 unspecified atom stereocenters. The van der Waals surface area contributed by atoms with Crippen molar-refractivity contribution in [3.8, 4) is 11.3 Å². The quantitative estimate of drug-likeness (QED) is 0.663. The zero-order chi connectivity index (χ0) is 18.8. The molecule has 2 aromatic carbocycles. The summed E-state index contributed by atoms with van der Waals surface area (Å²) in [6.45, 7) is 4.86. The first-order chi connectivity index (χ1) is 13.2. The zero-order valence-electron chi connectivity index (χ0n) is 15.6. The van der Waals surface area contributed by atoms with Gasteiger partial charge in [-0.15, -0.1) is 0 Å². The van der Waals surface area contributed by atoms with Gasteiger partial charge in [-0.3, -0.25) is 0 Å². The number of aryl methyl sites for hydroxylation is 1. The van der Waals surface area contributed by atoms with E-state index in [0.29, 0.717) is 18.8 Å². The fourth-order valence-corrected chi connectivity index (χ4v) is 3.54. The molecule has 1 aliphatic rings. The Kier molecular flexibility index (Phi) is 4.77. The molecule has 0 N–H and O–H groups in total. The number of nitrogens with zero attached hydrogens (tertiary/aromatic N) is 2. The summed E-state index contributed by atoms with van der Waals surface area (Å²) in [6, 6.07) is 16.1. The van der Waals surface area contributed by atoms with Gasteiger partial charge in [0.05, 0.1) is 42.8 Å². The van der Waals surface area contributed by atoms with Crippen LogP contribution in [0.3, 0.4) is 0 Å². The predicted molar refractivity (Wildman–Crippen MR) is 106 cm³/mol. The van der Waals surface area contributed by atoms with Crippen molar-refractivity contribution in [1.29, 1.82) is 0 Å². The molecule has 0 saturated carbocycles. The van der Waals surface area contributed by atoms with E-state index in [-0.39, 0.29) is 5.97 Å². The molecule has 5 nitrogen and oxygen atoms in total. The number of fused-ring (bicyclic) bond motifs is 1. The highest BCUT2D eigenvalue weighted by molar-refractivity contribution is 5.97. The second kappa shape index (κ2) is 7.37. The molecule has 1 aromatic heterocycles. The van der Waals surface area contributed by atoms with Gasteiger partial charge in [0.15, 0.2) is 0 Å². The van der Waals surface area contributed by atoms with Crippen LogP contribution in [0, 0.1) is 6.92 Å². The minimum atomic E-state index is -0.328. The molecule has 0 aliphatic carbocycles. The number of morpholine rings is 1. The van der Waals surface area contributed by atoms with Crippen LogP contribution in [0.1, 0.15) is 15.9 Å². The molecule has 0 atom stereocenters. The molecule has 1 aliphatic heterocycles. The van der Waals surface area contributed by atoms with E-state index in [9.17, 15) is 4.79 Å². The number of methoxy groups -OCH3 is 1. The van der Waals surface area contributed by atoms with Gasteiger partial charge in [0.25, 0.3) is 0 Å². The van der Waals surface area contributed by atoms with E-state index in [4.69, 9.17) is 14.5 Å². The molecule has 3 aromatic rings. The molecule has 1 saturated heterocycles. The van der Waals surface area contributed by atoms with Crippen molar-refractivity contribution in [3.63, 3.8) is 0 Å². The number of aromatic nitrogens is 1. The van der Waals surface area contributed by atoms with Crippen molar-refractivity contribution >= 4 is 22.6 Å². The first kappa shape index (κ1) is 17.5. The maximum absolute atomic E-state index is 12.3. The second-order valence-corrected chi connectivity index (χ2v) is 6.67. The van der Waals surface area contributed by atoms with Crippen LogP contribution in [0.25, 0.3) is 22.2 Å². The molecule has 0 spiro atoms. The Hall–Kier alpha value is -2.92. The van der Waals surface area contributed by atoms with Gasteiger partial charge >= 0.3 is 5.97 Å². The average Bonchev–Trinajstić information content (AvgIpc) is 2.73. The molecule has 0 radical (unpaired) electrons. The number of rotatable bonds is 3. The van der Waals surface area contributed by atoms with Crippen molar-refractivity contribution < 1.29 is 14.3 Å². The van der Waals surface area contributed by atoms with E-state index >= 15 is 0 Å². The third-order valence-electron chi connectivity index (χ3n) is 4.94. The van der Waals surface area contributed by atoms with E-state index in [2.05, 4.69) is 24.0 Å². The summed E-state index contributed by atoms with van der Waals surface area (Å²) in [4.78, 5) is 19.3. The van der Waals surface area contributed by atoms with Crippen LogP contribution in [-0.4, -0.2) is 44.4 Å². The first-order valence-corrected chi connectivity index (χ1v) is 9.09. The Labute approximate surface area is 158 Å². The summed E-state index contributed by atoms with van der Waals surface area (Å²) in [5.74, 6) is -0.328. The highest BCUT2D eigenvalue weighted by Crippen LogP contribution is 2.31. The molecule has 0 bridgehead atoms. The van der Waals surface area contributed by atoms with Gasteiger partial charge in [0.1, 0.15) is 0 Å². The number of para-hydroxylation sites is 1. The Morgan fingerprint density at radius 3 is 2.67 bits per heavy atom. The van der Waals surface area contributed by atoms with Crippen LogP contribution in [-0.2, 0) is 9.47 Å². The number of anilines is 1. The normalized spacial score (nSPS) is 14.4. The summed E-state index contributed by atoms with van der Waals surface area (Å²) < 4.78 is 10.4. The topological polar surface area (TPSA) is 51.7 Å². The largest absolute Gasteiger partial charge is 0.465 e. The lowest BCUT2D eigenvalue weighted by atomic mass is 10.0. The number of pyridine rings is 1. The van der Waals surface area contributed by atoms with Gasteiger partial charge in [0, 0.05) is 24.0 Å². The predicted octanol–water partition coefficient (Wildman–Crippen LogP) is 3.83. The lowest BCUT2D eigenvalue weighted by Crippen LogP contribution is -2.37. The molecule has 2 heterocycles. The molecular weight excluding hydrogens is 340 g/mol. The Balaban J connectivity index is 1.84. The Morgan fingerprint density at radius 2 is 1.89 bits per heavy atom. The van der Waals surface area contributed by atoms with E-state index in [1.807, 2.05) is 36.4 Å². The standard InChI is InChI=1S/C22H22N2O3/c1-15-13-16-5-3-4-6-19(16)23-21(15)17-7-8-18(22(25)26-2)20(14-17)24-9-11-27-12-10-24/h3-8,13-14H,9-12H2,1-2H3. The molecule has 0 amide bonds. The Morgan fingerprint density at radius 1 is 1.11 bits per heavy atom. The maximum Gasteiger partial charge on any atom is 0.339 e. The van der Waals surface area contributed by atoms with Gasteiger partial charge in [0.2, 0.25) is 0 Å². The monoisotopic (exact) mass is 362 g/mol. The number of benzene rings is 2. The zero-order valence-corrected chi connectivity index (χ0v) is 15.6. The number of carbonyl (C=O) groups excluding carboxylic acids is 1. The van der Waals surface area contributed by atoms with Crippen LogP contribution in [0.4, 0.5) is 5.69 Å². The molecule has 5 heteroatoms. The van der Waals surface area contributed by atoms with Crippen LogP contribution >= 0.6 is 0 Å². The van der Waals surface area contributed by atoms with Crippen LogP contribution < -0.4 is 4.90 Å². The number of hydrogen-bond acceptors (Lipinski definition) is 5. The highest BCUT2D eigenvalue weighted by Gasteiger charge is 2.21. The summed E-state index contributed by atoms with van der Waals surface area (Å²) >= 11 is 0. The van der Waals surface area contributed by atoms with Gasteiger partial charge in [-0.25, -0.2) is 9.78 Å². The van der Waals surface area contributed by atoms with Crippen molar-refractivity contribution in [2.75, 3.05) is 38.3 Å². The maximum atomic E-state index is 12.3. The summed E-state index contributed by atoms with van der Waals surface area (Å²) in [6.07, 6.45) is 0. The number of ether oxygens (including phenoxy) is 2. The minimum Gasteiger partial charge on any atom is -0.465 e. The Bertz CT molecular complexity index is 994. The van der Waals surface area contributed by atoms with E-state index in [1.54, 1.807) is 0 Å². The summed E-state index contributed by atoms with van der Waals surface area (Å²) in [7, 11) is 1.41. The highest BCUT2D eigenvalue weighted by atomic mass is 16.5. The number of esters is 1. The van der Waals surface area contributed by atoms with Crippen LogP contribution in [0.5, 0.6) is 0 Å².